The SMILES string of the molecule is O=C(c1ccc(B(O)O)cc1)N(CCO)Cc1ccc(F)c(Br)c1. The van der Waals surface area contributed by atoms with E-state index in [1.165, 1.54) is 35.2 Å². The van der Waals surface area contributed by atoms with Gasteiger partial charge in [0.25, 0.3) is 5.91 Å². The third-order valence-corrected chi connectivity index (χ3v) is 4.08. The molecule has 126 valence electrons. The second-order valence-corrected chi connectivity index (χ2v) is 6.05. The van der Waals surface area contributed by atoms with Crippen LogP contribution in [0.15, 0.2) is 46.9 Å². The molecule has 2 rings (SSSR count). The average Bonchev–Trinajstić information content (AvgIpc) is 2.57. The normalized spacial score (nSPS) is 10.5. The maximum absolute atomic E-state index is 13.3. The second kappa shape index (κ2) is 8.39. The molecule has 24 heavy (non-hydrogen) atoms. The fourth-order valence-electron chi connectivity index (χ4n) is 2.21. The number of hydrogen-bond acceptors (Lipinski definition) is 4. The molecule has 0 saturated heterocycles. The van der Waals surface area contributed by atoms with Gasteiger partial charge in [-0.15, -0.1) is 0 Å². The van der Waals surface area contributed by atoms with E-state index in [-0.39, 0.29) is 31.1 Å². The first-order valence-corrected chi connectivity index (χ1v) is 8.02. The summed E-state index contributed by atoms with van der Waals surface area (Å²) in [5.41, 5.74) is 1.35. The highest BCUT2D eigenvalue weighted by Crippen LogP contribution is 2.18. The van der Waals surface area contributed by atoms with Crippen molar-refractivity contribution < 1.29 is 24.3 Å². The van der Waals surface area contributed by atoms with Crippen LogP contribution in [0.3, 0.4) is 0 Å². The summed E-state index contributed by atoms with van der Waals surface area (Å²) in [5.74, 6) is -0.708. The van der Waals surface area contributed by atoms with E-state index in [0.717, 1.165) is 0 Å². The zero-order chi connectivity index (χ0) is 17.7. The molecule has 0 spiro atoms. The molecule has 0 aliphatic heterocycles. The van der Waals surface area contributed by atoms with Crippen LogP contribution >= 0.6 is 15.9 Å². The molecule has 2 aromatic carbocycles. The van der Waals surface area contributed by atoms with Crippen LogP contribution in [0.5, 0.6) is 0 Å². The van der Waals surface area contributed by atoms with Crippen molar-refractivity contribution in [3.63, 3.8) is 0 Å². The van der Waals surface area contributed by atoms with Gasteiger partial charge in [-0.25, -0.2) is 4.39 Å². The van der Waals surface area contributed by atoms with E-state index in [1.54, 1.807) is 12.1 Å². The largest absolute Gasteiger partial charge is 0.488 e. The van der Waals surface area contributed by atoms with Crippen molar-refractivity contribution in [2.75, 3.05) is 13.2 Å². The number of amides is 1. The molecule has 0 radical (unpaired) electrons. The first kappa shape index (κ1) is 18.6. The van der Waals surface area contributed by atoms with Crippen molar-refractivity contribution >= 4 is 34.4 Å². The highest BCUT2D eigenvalue weighted by molar-refractivity contribution is 9.10. The summed E-state index contributed by atoms with van der Waals surface area (Å²) in [6.07, 6.45) is 0. The zero-order valence-corrected chi connectivity index (χ0v) is 14.3. The van der Waals surface area contributed by atoms with Gasteiger partial charge in [-0.05, 0) is 51.2 Å². The Morgan fingerprint density at radius 1 is 1.17 bits per heavy atom. The molecule has 0 aliphatic rings. The van der Waals surface area contributed by atoms with E-state index in [1.807, 2.05) is 0 Å². The first-order valence-electron chi connectivity index (χ1n) is 7.22. The Kier molecular flexibility index (Phi) is 6.50. The standard InChI is InChI=1S/C16H16BBrFNO4/c18-14-9-11(1-6-15(14)19)10-20(7-8-21)16(22)12-2-4-13(5-3-12)17(23)24/h1-6,9,21,23-24H,7-8,10H2. The lowest BCUT2D eigenvalue weighted by molar-refractivity contribution is 0.0708. The van der Waals surface area contributed by atoms with E-state index in [0.29, 0.717) is 15.6 Å². The molecule has 0 heterocycles. The van der Waals surface area contributed by atoms with Gasteiger partial charge in [0.15, 0.2) is 0 Å². The molecule has 0 bridgehead atoms. The Balaban J connectivity index is 2.19. The fourth-order valence-corrected chi connectivity index (χ4v) is 2.64. The lowest BCUT2D eigenvalue weighted by Gasteiger charge is -2.22. The number of rotatable bonds is 6. The summed E-state index contributed by atoms with van der Waals surface area (Å²) in [4.78, 5) is 14.0. The van der Waals surface area contributed by atoms with Gasteiger partial charge < -0.3 is 20.1 Å². The number of hydrogen-bond donors (Lipinski definition) is 3. The third kappa shape index (κ3) is 4.64. The highest BCUT2D eigenvalue weighted by atomic mass is 79.9. The topological polar surface area (TPSA) is 81.0 Å². The minimum atomic E-state index is -1.60. The van der Waals surface area contributed by atoms with Crippen LogP contribution in [0.1, 0.15) is 15.9 Å². The van der Waals surface area contributed by atoms with Gasteiger partial charge in [-0.1, -0.05) is 18.2 Å². The molecule has 1 amide bonds. The van der Waals surface area contributed by atoms with Gasteiger partial charge in [-0.2, -0.15) is 0 Å². The van der Waals surface area contributed by atoms with Crippen LogP contribution in [0.4, 0.5) is 4.39 Å². The molecule has 3 N–H and O–H groups in total. The second-order valence-electron chi connectivity index (χ2n) is 5.19. The minimum absolute atomic E-state index is 0.123. The number of carbonyl (C=O) groups is 1. The van der Waals surface area contributed by atoms with Crippen molar-refractivity contribution in [1.29, 1.82) is 0 Å². The molecule has 0 unspecified atom stereocenters. The Morgan fingerprint density at radius 3 is 2.38 bits per heavy atom. The maximum atomic E-state index is 13.3. The Hall–Kier alpha value is -1.74. The van der Waals surface area contributed by atoms with Crippen LogP contribution in [0.25, 0.3) is 0 Å². The van der Waals surface area contributed by atoms with Crippen LogP contribution in [0.2, 0.25) is 0 Å². The maximum Gasteiger partial charge on any atom is 0.488 e. The van der Waals surface area contributed by atoms with Gasteiger partial charge in [-0.3, -0.25) is 4.79 Å². The van der Waals surface area contributed by atoms with E-state index >= 15 is 0 Å². The third-order valence-electron chi connectivity index (χ3n) is 3.47. The zero-order valence-electron chi connectivity index (χ0n) is 12.7. The summed E-state index contributed by atoms with van der Waals surface area (Å²) in [6.45, 7) is 0.127. The monoisotopic (exact) mass is 395 g/mol. The molecule has 8 heteroatoms. The average molecular weight is 396 g/mol. The van der Waals surface area contributed by atoms with Crippen molar-refractivity contribution in [1.82, 2.24) is 4.90 Å². The van der Waals surface area contributed by atoms with Crippen molar-refractivity contribution in [3.05, 3.63) is 63.9 Å². The summed E-state index contributed by atoms with van der Waals surface area (Å²) in [6, 6.07) is 10.3. The molecule has 0 saturated carbocycles. The summed E-state index contributed by atoms with van der Waals surface area (Å²) < 4.78 is 13.6. The number of aliphatic hydroxyl groups excluding tert-OH is 1. The number of aliphatic hydroxyl groups is 1. The molecular weight excluding hydrogens is 380 g/mol. The quantitative estimate of drug-likeness (QED) is 0.635. The molecule has 0 aromatic heterocycles. The highest BCUT2D eigenvalue weighted by Gasteiger charge is 2.18. The molecule has 0 atom stereocenters. The minimum Gasteiger partial charge on any atom is -0.423 e. The van der Waals surface area contributed by atoms with Gasteiger partial charge >= 0.3 is 7.12 Å². The molecular formula is C16H16BBrFNO4. The molecule has 2 aromatic rings. The van der Waals surface area contributed by atoms with E-state index < -0.39 is 12.9 Å². The van der Waals surface area contributed by atoms with E-state index in [2.05, 4.69) is 15.9 Å². The predicted molar refractivity (Wildman–Crippen MR) is 92.2 cm³/mol. The van der Waals surface area contributed by atoms with Crippen molar-refractivity contribution in [2.24, 2.45) is 0 Å². The summed E-state index contributed by atoms with van der Waals surface area (Å²) in [7, 11) is -1.60. The smallest absolute Gasteiger partial charge is 0.423 e. The van der Waals surface area contributed by atoms with Crippen molar-refractivity contribution in [3.8, 4) is 0 Å². The number of benzene rings is 2. The van der Waals surface area contributed by atoms with Gasteiger partial charge in [0.2, 0.25) is 0 Å². The van der Waals surface area contributed by atoms with Crippen LogP contribution in [0, 0.1) is 5.82 Å². The molecule has 5 nitrogen and oxygen atoms in total. The molecule has 0 aliphatic carbocycles. The Labute approximate surface area is 147 Å². The summed E-state index contributed by atoms with van der Waals surface area (Å²) >= 11 is 3.10. The predicted octanol–water partition coefficient (Wildman–Crippen LogP) is 0.903. The lowest BCUT2D eigenvalue weighted by Crippen LogP contribution is -2.34. The van der Waals surface area contributed by atoms with Gasteiger partial charge in [0.05, 0.1) is 11.1 Å². The van der Waals surface area contributed by atoms with E-state index in [9.17, 15) is 14.3 Å². The van der Waals surface area contributed by atoms with Gasteiger partial charge in [0.1, 0.15) is 5.82 Å². The van der Waals surface area contributed by atoms with Crippen LogP contribution < -0.4 is 5.46 Å². The molecule has 0 fully saturated rings. The van der Waals surface area contributed by atoms with Gasteiger partial charge in [0, 0.05) is 18.7 Å². The fraction of sp³-hybridized carbons (Fsp3) is 0.188. The van der Waals surface area contributed by atoms with Crippen LogP contribution in [-0.4, -0.2) is 46.2 Å². The number of carbonyl (C=O) groups excluding carboxylic acids is 1. The lowest BCUT2D eigenvalue weighted by atomic mass is 9.80. The van der Waals surface area contributed by atoms with E-state index in [4.69, 9.17) is 10.0 Å². The Morgan fingerprint density at radius 2 is 1.83 bits per heavy atom. The first-order chi connectivity index (χ1) is 11.4. The number of halogens is 2. The van der Waals surface area contributed by atoms with Crippen LogP contribution in [-0.2, 0) is 6.54 Å². The van der Waals surface area contributed by atoms with Crippen molar-refractivity contribution in [2.45, 2.75) is 6.54 Å². The number of nitrogens with zero attached hydrogens (tertiary/aromatic N) is 1. The summed E-state index contributed by atoms with van der Waals surface area (Å²) in [5, 5.41) is 27.4. The Bertz CT molecular complexity index is 712.